The lowest BCUT2D eigenvalue weighted by atomic mass is 9.61. The summed E-state index contributed by atoms with van der Waals surface area (Å²) in [6.07, 6.45) is 7.95. The maximum Gasteiger partial charge on any atom is 0.308 e. The number of carbonyl (C=O) groups is 1. The van der Waals surface area contributed by atoms with Crippen molar-refractivity contribution in [1.82, 2.24) is 20.2 Å². The van der Waals surface area contributed by atoms with Crippen LogP contribution in [0.25, 0.3) is 33.1 Å². The number of hydrogen-bond acceptors (Lipinski definition) is 4. The summed E-state index contributed by atoms with van der Waals surface area (Å²) >= 11 is 0. The first-order valence-electron chi connectivity index (χ1n) is 10.8. The van der Waals surface area contributed by atoms with E-state index < -0.39 is 23.5 Å². The maximum absolute atomic E-state index is 15.5. The molecular weight excluding hydrogens is 416 g/mol. The fourth-order valence-electron chi connectivity index (χ4n) is 5.79. The largest absolute Gasteiger partial charge is 0.481 e. The first kappa shape index (κ1) is 19.2. The molecule has 4 aromatic rings. The van der Waals surface area contributed by atoms with Gasteiger partial charge in [0, 0.05) is 28.8 Å². The molecule has 1 aromatic carbocycles. The SMILES string of the molecule is O=C(O)[C@@H]1C(Nc2cc(-c3c[nH]c4ncc(F)cc34)c3[nH]ncc3c2F)[C@H]2CC[C@@H]1CC2. The summed E-state index contributed by atoms with van der Waals surface area (Å²) in [7, 11) is 0. The topological polar surface area (TPSA) is 107 Å². The Balaban J connectivity index is 1.49. The number of nitrogens with one attached hydrogen (secondary N) is 3. The third kappa shape index (κ3) is 2.80. The lowest BCUT2D eigenvalue weighted by molar-refractivity contribution is -0.148. The molecule has 3 aromatic heterocycles. The zero-order valence-corrected chi connectivity index (χ0v) is 17.0. The van der Waals surface area contributed by atoms with Crippen LogP contribution in [0.5, 0.6) is 0 Å². The molecule has 3 saturated carbocycles. The van der Waals surface area contributed by atoms with Crippen LogP contribution in [-0.4, -0.2) is 37.3 Å². The van der Waals surface area contributed by atoms with Crippen molar-refractivity contribution >= 4 is 33.6 Å². The van der Waals surface area contributed by atoms with Crippen LogP contribution in [0.1, 0.15) is 25.7 Å². The van der Waals surface area contributed by atoms with Crippen LogP contribution in [0, 0.1) is 29.4 Å². The number of aromatic nitrogens is 4. The molecule has 7 rings (SSSR count). The van der Waals surface area contributed by atoms with Gasteiger partial charge in [-0.2, -0.15) is 5.10 Å². The highest BCUT2D eigenvalue weighted by atomic mass is 19.1. The summed E-state index contributed by atoms with van der Waals surface area (Å²) in [4.78, 5) is 19.1. The molecule has 1 unspecified atom stereocenters. The molecule has 7 nitrogen and oxygen atoms in total. The van der Waals surface area contributed by atoms with Crippen LogP contribution >= 0.6 is 0 Å². The van der Waals surface area contributed by atoms with Gasteiger partial charge in [-0.3, -0.25) is 9.89 Å². The van der Waals surface area contributed by atoms with Crippen molar-refractivity contribution in [1.29, 1.82) is 0 Å². The molecule has 164 valence electrons. The van der Waals surface area contributed by atoms with E-state index in [0.29, 0.717) is 27.7 Å². The van der Waals surface area contributed by atoms with Crippen molar-refractivity contribution in [3.8, 4) is 11.1 Å². The monoisotopic (exact) mass is 437 g/mol. The smallest absolute Gasteiger partial charge is 0.308 e. The number of aromatic amines is 2. The summed E-state index contributed by atoms with van der Waals surface area (Å²) in [5, 5.41) is 20.8. The van der Waals surface area contributed by atoms with E-state index in [4.69, 9.17) is 0 Å². The molecule has 2 atom stereocenters. The Morgan fingerprint density at radius 3 is 2.62 bits per heavy atom. The van der Waals surface area contributed by atoms with Crippen LogP contribution in [-0.2, 0) is 4.79 Å². The van der Waals surface area contributed by atoms with Gasteiger partial charge < -0.3 is 15.4 Å². The van der Waals surface area contributed by atoms with E-state index in [-0.39, 0.29) is 29.0 Å². The number of fused-ring (bicyclic) bond motifs is 5. The third-order valence-corrected chi connectivity index (χ3v) is 7.28. The normalized spacial score (nSPS) is 24.9. The predicted octanol–water partition coefficient (Wildman–Crippen LogP) is 4.69. The van der Waals surface area contributed by atoms with E-state index in [0.717, 1.165) is 31.9 Å². The second-order valence-corrected chi connectivity index (χ2v) is 8.91. The summed E-state index contributed by atoms with van der Waals surface area (Å²) in [5.41, 5.74) is 2.52. The Labute approximate surface area is 181 Å². The molecule has 4 N–H and O–H groups in total. The van der Waals surface area contributed by atoms with Crippen LogP contribution in [0.4, 0.5) is 14.5 Å². The van der Waals surface area contributed by atoms with Gasteiger partial charge in [0.15, 0.2) is 5.82 Å². The van der Waals surface area contributed by atoms with E-state index in [1.807, 2.05) is 0 Å². The fourth-order valence-corrected chi connectivity index (χ4v) is 5.79. The molecule has 2 bridgehead atoms. The summed E-state index contributed by atoms with van der Waals surface area (Å²) in [5.74, 6) is -2.03. The number of carboxylic acids is 1. The zero-order valence-electron chi connectivity index (χ0n) is 17.0. The van der Waals surface area contributed by atoms with Crippen LogP contribution < -0.4 is 5.32 Å². The van der Waals surface area contributed by atoms with E-state index in [1.165, 1.54) is 12.3 Å². The maximum atomic E-state index is 15.5. The molecule has 9 heteroatoms. The first-order valence-corrected chi connectivity index (χ1v) is 10.8. The summed E-state index contributed by atoms with van der Waals surface area (Å²) in [6.45, 7) is 0. The molecule has 0 amide bonds. The van der Waals surface area contributed by atoms with Gasteiger partial charge >= 0.3 is 5.97 Å². The first-order chi connectivity index (χ1) is 15.5. The summed E-state index contributed by atoms with van der Waals surface area (Å²) < 4.78 is 29.4. The number of rotatable bonds is 4. The second kappa shape index (κ2) is 7.01. The number of nitrogens with zero attached hydrogens (tertiary/aromatic N) is 2. The molecule has 0 aliphatic heterocycles. The summed E-state index contributed by atoms with van der Waals surface area (Å²) in [6, 6.07) is 2.70. The minimum Gasteiger partial charge on any atom is -0.481 e. The van der Waals surface area contributed by atoms with Crippen molar-refractivity contribution in [2.24, 2.45) is 17.8 Å². The number of pyridine rings is 1. The van der Waals surface area contributed by atoms with Gasteiger partial charge in [0.1, 0.15) is 11.5 Å². The van der Waals surface area contributed by atoms with E-state index in [2.05, 4.69) is 25.5 Å². The quantitative estimate of drug-likeness (QED) is 0.371. The van der Waals surface area contributed by atoms with Crippen LogP contribution in [0.2, 0.25) is 0 Å². The minimum absolute atomic E-state index is 0.109. The van der Waals surface area contributed by atoms with Gasteiger partial charge in [0.25, 0.3) is 0 Å². The number of hydrogen-bond donors (Lipinski definition) is 4. The highest BCUT2D eigenvalue weighted by Crippen LogP contribution is 2.47. The Bertz CT molecular complexity index is 1360. The van der Waals surface area contributed by atoms with E-state index >= 15 is 4.39 Å². The fraction of sp³-hybridized carbons (Fsp3) is 0.348. The Kier molecular flexibility index (Phi) is 4.21. The number of halogens is 2. The van der Waals surface area contributed by atoms with E-state index in [9.17, 15) is 14.3 Å². The van der Waals surface area contributed by atoms with Crippen molar-refractivity contribution in [2.45, 2.75) is 31.7 Å². The van der Waals surface area contributed by atoms with Crippen LogP contribution in [0.3, 0.4) is 0 Å². The average molecular weight is 437 g/mol. The molecular formula is C23H21F2N5O2. The zero-order chi connectivity index (χ0) is 22.0. The molecule has 0 radical (unpaired) electrons. The van der Waals surface area contributed by atoms with Gasteiger partial charge in [-0.25, -0.2) is 13.8 Å². The number of aliphatic carboxylic acids is 1. The standard InChI is InChI=1S/C23H21F2N5O2/c24-12-5-14-15(8-27-22(14)26-7-12)13-6-17(19(25)16-9-28-30-21(13)16)29-20-11-3-1-10(2-4-11)18(20)23(31)32/h5-11,18,20,29H,1-4H2,(H,26,27)(H,28,30)(H,31,32)/t10-,11+,18-,20?/m0/s1. The van der Waals surface area contributed by atoms with Crippen molar-refractivity contribution in [2.75, 3.05) is 5.32 Å². The number of anilines is 1. The molecule has 0 spiro atoms. The van der Waals surface area contributed by atoms with Crippen molar-refractivity contribution in [3.63, 3.8) is 0 Å². The molecule has 32 heavy (non-hydrogen) atoms. The van der Waals surface area contributed by atoms with Gasteiger partial charge in [0.2, 0.25) is 0 Å². The lowest BCUT2D eigenvalue weighted by Crippen LogP contribution is -2.51. The van der Waals surface area contributed by atoms with Gasteiger partial charge in [-0.15, -0.1) is 0 Å². The molecule has 3 fully saturated rings. The molecule has 3 aliphatic carbocycles. The molecule has 3 aliphatic rings. The van der Waals surface area contributed by atoms with Crippen molar-refractivity contribution < 1.29 is 18.7 Å². The average Bonchev–Trinajstić information content (AvgIpc) is 3.44. The predicted molar refractivity (Wildman–Crippen MR) is 115 cm³/mol. The highest BCUT2D eigenvalue weighted by molar-refractivity contribution is 6.04. The minimum atomic E-state index is -0.833. The Morgan fingerprint density at radius 2 is 1.84 bits per heavy atom. The van der Waals surface area contributed by atoms with E-state index in [1.54, 1.807) is 12.3 Å². The van der Waals surface area contributed by atoms with Crippen molar-refractivity contribution in [3.05, 3.63) is 42.4 Å². The number of benzene rings is 1. The Morgan fingerprint density at radius 1 is 1.06 bits per heavy atom. The Hall–Kier alpha value is -3.49. The van der Waals surface area contributed by atoms with Gasteiger partial charge in [-0.1, -0.05) is 0 Å². The third-order valence-electron chi connectivity index (χ3n) is 7.28. The van der Waals surface area contributed by atoms with Gasteiger partial charge in [-0.05, 0) is 49.7 Å². The lowest BCUT2D eigenvalue weighted by Gasteiger charge is -2.47. The number of H-pyrrole nitrogens is 2. The number of carboxylic acid groups (broad SMARTS) is 1. The highest BCUT2D eigenvalue weighted by Gasteiger charge is 2.47. The van der Waals surface area contributed by atoms with Crippen LogP contribution in [0.15, 0.2) is 30.7 Å². The molecule has 0 saturated heterocycles. The molecule has 3 heterocycles. The van der Waals surface area contributed by atoms with Gasteiger partial charge in [0.05, 0.1) is 34.9 Å². The second-order valence-electron chi connectivity index (χ2n) is 8.91.